The van der Waals surface area contributed by atoms with Crippen molar-refractivity contribution in [3.63, 3.8) is 0 Å². The number of aromatic nitrogens is 3. The summed E-state index contributed by atoms with van der Waals surface area (Å²) in [4.78, 5) is 22.7. The van der Waals surface area contributed by atoms with Crippen molar-refractivity contribution in [1.82, 2.24) is 15.0 Å². The van der Waals surface area contributed by atoms with E-state index in [0.717, 1.165) is 0 Å². The van der Waals surface area contributed by atoms with E-state index in [4.69, 9.17) is 32.5 Å². The lowest BCUT2D eigenvalue weighted by atomic mass is 10.3. The number of esters is 1. The first-order valence-corrected chi connectivity index (χ1v) is 6.21. The van der Waals surface area contributed by atoms with E-state index in [2.05, 4.69) is 15.0 Å². The number of benzene rings is 1. The summed E-state index contributed by atoms with van der Waals surface area (Å²) in [5, 5.41) is 0.406. The molecule has 0 aliphatic rings. The molecule has 2 aromatic rings. The maximum Gasteiger partial charge on any atom is 0.344 e. The van der Waals surface area contributed by atoms with Gasteiger partial charge in [-0.1, -0.05) is 23.7 Å². The third kappa shape index (κ3) is 4.46. The summed E-state index contributed by atoms with van der Waals surface area (Å²) in [6.45, 7) is -0.471. The fourth-order valence-corrected chi connectivity index (χ4v) is 1.60. The number of hydrogen-bond acceptors (Lipinski definition) is 8. The average Bonchev–Trinajstić information content (AvgIpc) is 2.43. The zero-order valence-electron chi connectivity index (χ0n) is 10.8. The topological polar surface area (TPSA) is 126 Å². The van der Waals surface area contributed by atoms with E-state index in [9.17, 15) is 4.79 Å². The minimum atomic E-state index is -0.604. The van der Waals surface area contributed by atoms with Gasteiger partial charge in [-0.15, -0.1) is 0 Å². The monoisotopic (exact) mass is 309 g/mol. The van der Waals surface area contributed by atoms with Crippen molar-refractivity contribution in [2.45, 2.75) is 6.61 Å². The molecule has 0 saturated heterocycles. The number of nitrogens with two attached hydrogens (primary N) is 2. The molecule has 2 rings (SSSR count). The number of ether oxygens (including phenoxy) is 2. The van der Waals surface area contributed by atoms with Gasteiger partial charge in [0.2, 0.25) is 11.9 Å². The number of hydrogen-bond donors (Lipinski definition) is 2. The Labute approximate surface area is 125 Å². The van der Waals surface area contributed by atoms with Gasteiger partial charge in [0.1, 0.15) is 5.75 Å². The Morgan fingerprint density at radius 3 is 2.48 bits per heavy atom. The molecule has 4 N–H and O–H groups in total. The van der Waals surface area contributed by atoms with Crippen LogP contribution in [0.4, 0.5) is 11.9 Å². The van der Waals surface area contributed by atoms with E-state index in [0.29, 0.717) is 10.8 Å². The second kappa shape index (κ2) is 6.71. The molecule has 0 fully saturated rings. The van der Waals surface area contributed by atoms with E-state index in [1.807, 2.05) is 0 Å². The van der Waals surface area contributed by atoms with Crippen molar-refractivity contribution in [2.75, 3.05) is 18.1 Å². The van der Waals surface area contributed by atoms with Gasteiger partial charge in [-0.3, -0.25) is 0 Å². The van der Waals surface area contributed by atoms with Crippen molar-refractivity contribution < 1.29 is 14.3 Å². The molecule has 0 spiro atoms. The van der Waals surface area contributed by atoms with Crippen LogP contribution in [0.3, 0.4) is 0 Å². The van der Waals surface area contributed by atoms with Crippen LogP contribution in [0.25, 0.3) is 0 Å². The first-order valence-electron chi connectivity index (χ1n) is 5.83. The first-order chi connectivity index (χ1) is 10.0. The number of carbonyl (C=O) groups excluding carboxylic acids is 1. The van der Waals surface area contributed by atoms with Crippen molar-refractivity contribution >= 4 is 29.5 Å². The van der Waals surface area contributed by atoms with Crippen LogP contribution in [-0.2, 0) is 16.1 Å². The van der Waals surface area contributed by atoms with Gasteiger partial charge in [-0.2, -0.15) is 15.0 Å². The second-order valence-corrected chi connectivity index (χ2v) is 4.26. The van der Waals surface area contributed by atoms with E-state index in [1.165, 1.54) is 0 Å². The van der Waals surface area contributed by atoms with Crippen LogP contribution < -0.4 is 16.2 Å². The fourth-order valence-electron chi connectivity index (χ4n) is 1.41. The second-order valence-electron chi connectivity index (χ2n) is 3.85. The molecule has 1 aromatic heterocycles. The molecule has 110 valence electrons. The first kappa shape index (κ1) is 14.8. The van der Waals surface area contributed by atoms with Gasteiger partial charge in [0, 0.05) is 0 Å². The molecule has 21 heavy (non-hydrogen) atoms. The summed E-state index contributed by atoms with van der Waals surface area (Å²) in [7, 11) is 0. The summed E-state index contributed by atoms with van der Waals surface area (Å²) >= 11 is 5.88. The van der Waals surface area contributed by atoms with E-state index in [1.54, 1.807) is 24.3 Å². The summed E-state index contributed by atoms with van der Waals surface area (Å²) < 4.78 is 10.2. The van der Waals surface area contributed by atoms with Gasteiger partial charge in [0.15, 0.2) is 19.0 Å². The molecule has 1 aromatic carbocycles. The third-order valence-electron chi connectivity index (χ3n) is 2.26. The summed E-state index contributed by atoms with van der Waals surface area (Å²) in [6, 6.07) is 6.79. The molecule has 0 aliphatic carbocycles. The Morgan fingerprint density at radius 1 is 1.14 bits per heavy atom. The zero-order valence-corrected chi connectivity index (χ0v) is 11.6. The number of rotatable bonds is 5. The van der Waals surface area contributed by atoms with E-state index in [-0.39, 0.29) is 30.9 Å². The minimum absolute atomic E-state index is 0.0409. The van der Waals surface area contributed by atoms with Gasteiger partial charge in [0.05, 0.1) is 5.02 Å². The van der Waals surface area contributed by atoms with Gasteiger partial charge in [-0.25, -0.2) is 4.79 Å². The smallest absolute Gasteiger partial charge is 0.344 e. The van der Waals surface area contributed by atoms with Crippen molar-refractivity contribution in [3.05, 3.63) is 35.1 Å². The predicted molar refractivity (Wildman–Crippen MR) is 75.4 cm³/mol. The number of carbonyl (C=O) groups is 1. The lowest BCUT2D eigenvalue weighted by Crippen LogP contribution is -2.16. The molecule has 8 nitrogen and oxygen atoms in total. The molecule has 0 aliphatic heterocycles. The molecular formula is C12H12ClN5O3. The van der Waals surface area contributed by atoms with Crippen molar-refractivity contribution in [1.29, 1.82) is 0 Å². The molecular weight excluding hydrogens is 298 g/mol. The van der Waals surface area contributed by atoms with Gasteiger partial charge in [0.25, 0.3) is 0 Å². The lowest BCUT2D eigenvalue weighted by Gasteiger charge is -2.08. The summed E-state index contributed by atoms with van der Waals surface area (Å²) in [5.41, 5.74) is 10.8. The van der Waals surface area contributed by atoms with Gasteiger partial charge in [-0.05, 0) is 12.1 Å². The highest BCUT2D eigenvalue weighted by atomic mass is 35.5. The number of nitrogen functional groups attached to an aromatic ring is 2. The molecule has 0 radical (unpaired) electrons. The highest BCUT2D eigenvalue weighted by Crippen LogP contribution is 2.22. The van der Waals surface area contributed by atoms with Crippen LogP contribution in [0.2, 0.25) is 5.02 Å². The van der Waals surface area contributed by atoms with Crippen LogP contribution in [0.15, 0.2) is 24.3 Å². The largest absolute Gasteiger partial charge is 0.480 e. The summed E-state index contributed by atoms with van der Waals surface area (Å²) in [6.07, 6.45) is 0. The van der Waals surface area contributed by atoms with Crippen LogP contribution in [-0.4, -0.2) is 27.5 Å². The van der Waals surface area contributed by atoms with Crippen LogP contribution in [0.5, 0.6) is 5.75 Å². The maximum atomic E-state index is 11.5. The highest BCUT2D eigenvalue weighted by molar-refractivity contribution is 6.32. The Balaban J connectivity index is 1.84. The molecule has 1 heterocycles. The van der Waals surface area contributed by atoms with E-state index >= 15 is 0 Å². The zero-order chi connectivity index (χ0) is 15.2. The minimum Gasteiger partial charge on any atom is -0.480 e. The Morgan fingerprint density at radius 2 is 1.81 bits per heavy atom. The Bertz CT molecular complexity index is 632. The molecule has 0 atom stereocenters. The van der Waals surface area contributed by atoms with Crippen LogP contribution in [0, 0.1) is 0 Å². The third-order valence-corrected chi connectivity index (χ3v) is 2.57. The standard InChI is InChI=1S/C12H12ClN5O3/c13-7-3-1-2-4-8(7)20-6-10(19)21-5-9-16-11(14)18-12(15)17-9/h1-4H,5-6H2,(H4,14,15,16,17,18). The number of para-hydroxylation sites is 1. The maximum absolute atomic E-state index is 11.5. The molecule has 9 heteroatoms. The normalized spacial score (nSPS) is 10.1. The van der Waals surface area contributed by atoms with Gasteiger partial charge >= 0.3 is 5.97 Å². The van der Waals surface area contributed by atoms with Gasteiger partial charge < -0.3 is 20.9 Å². The number of nitrogens with zero attached hydrogens (tertiary/aromatic N) is 3. The quantitative estimate of drug-likeness (QED) is 0.777. The highest BCUT2D eigenvalue weighted by Gasteiger charge is 2.09. The fraction of sp³-hybridized carbons (Fsp3) is 0.167. The van der Waals surface area contributed by atoms with Crippen molar-refractivity contribution in [3.8, 4) is 5.75 Å². The average molecular weight is 310 g/mol. The Kier molecular flexibility index (Phi) is 4.72. The summed E-state index contributed by atoms with van der Waals surface area (Å²) in [5.74, 6) is -0.134. The molecule has 0 bridgehead atoms. The predicted octanol–water partition coefficient (Wildman–Crippen LogP) is 0.812. The Hall–Kier alpha value is -2.61. The lowest BCUT2D eigenvalue weighted by molar-refractivity contribution is -0.147. The number of halogens is 1. The number of anilines is 2. The molecule has 0 amide bonds. The molecule has 0 unspecified atom stereocenters. The molecule has 0 saturated carbocycles. The van der Waals surface area contributed by atoms with Crippen LogP contribution >= 0.6 is 11.6 Å². The SMILES string of the molecule is Nc1nc(N)nc(COC(=O)COc2ccccc2Cl)n1. The van der Waals surface area contributed by atoms with E-state index < -0.39 is 5.97 Å². The van der Waals surface area contributed by atoms with Crippen molar-refractivity contribution in [2.24, 2.45) is 0 Å². The van der Waals surface area contributed by atoms with Crippen LogP contribution in [0.1, 0.15) is 5.82 Å².